The van der Waals surface area contributed by atoms with Crippen LogP contribution in [0.3, 0.4) is 0 Å². The molecule has 0 aromatic carbocycles. The van der Waals surface area contributed by atoms with Gasteiger partial charge in [0.05, 0.1) is 0 Å². The fourth-order valence-electron chi connectivity index (χ4n) is 1.83. The maximum Gasteiger partial charge on any atom is 0.258 e. The van der Waals surface area contributed by atoms with Gasteiger partial charge in [-0.25, -0.2) is 10.8 Å². The van der Waals surface area contributed by atoms with E-state index in [2.05, 4.69) is 56.1 Å². The van der Waals surface area contributed by atoms with E-state index in [0.29, 0.717) is 23.8 Å². The van der Waals surface area contributed by atoms with Gasteiger partial charge in [-0.15, -0.1) is 0 Å². The largest absolute Gasteiger partial charge is 0.341 e. The highest BCUT2D eigenvalue weighted by Crippen LogP contribution is 2.15. The third-order valence-electron chi connectivity index (χ3n) is 3.26. The topological polar surface area (TPSA) is 111 Å². The number of rotatable bonds is 7. The Hall–Kier alpha value is -2.29. The van der Waals surface area contributed by atoms with Crippen LogP contribution in [0.2, 0.25) is 0 Å². The van der Waals surface area contributed by atoms with E-state index in [4.69, 9.17) is 5.84 Å². The van der Waals surface area contributed by atoms with Crippen LogP contribution < -0.4 is 16.2 Å². The van der Waals surface area contributed by atoms with Gasteiger partial charge in [-0.3, -0.25) is 5.43 Å². The van der Waals surface area contributed by atoms with Crippen LogP contribution in [0.4, 0.5) is 11.9 Å². The zero-order chi connectivity index (χ0) is 15.2. The molecule has 0 aliphatic heterocycles. The summed E-state index contributed by atoms with van der Waals surface area (Å²) in [5.74, 6) is 7.25. The number of hydrogen-bond acceptors (Lipinski definition) is 8. The molecule has 9 heteroatoms. The van der Waals surface area contributed by atoms with Crippen LogP contribution in [0.1, 0.15) is 27.2 Å². The lowest BCUT2D eigenvalue weighted by Crippen LogP contribution is -2.31. The first-order chi connectivity index (χ1) is 10.2. The average molecular weight is 291 g/mol. The Morgan fingerprint density at radius 2 is 2.14 bits per heavy atom. The van der Waals surface area contributed by atoms with E-state index in [1.165, 1.54) is 17.3 Å². The van der Waals surface area contributed by atoms with Crippen molar-refractivity contribution in [1.29, 1.82) is 0 Å². The Morgan fingerprint density at radius 3 is 2.71 bits per heavy atom. The molecule has 0 aliphatic rings. The highest BCUT2D eigenvalue weighted by molar-refractivity contribution is 5.39. The lowest BCUT2D eigenvalue weighted by atomic mass is 10.1. The summed E-state index contributed by atoms with van der Waals surface area (Å²) in [6, 6.07) is 0. The van der Waals surface area contributed by atoms with Crippen molar-refractivity contribution in [2.45, 2.75) is 27.2 Å². The van der Waals surface area contributed by atoms with Crippen LogP contribution in [0.25, 0.3) is 5.95 Å². The smallest absolute Gasteiger partial charge is 0.258 e. The molecule has 2 heterocycles. The predicted molar refractivity (Wildman–Crippen MR) is 79.9 cm³/mol. The standard InChI is InChI=1S/C12H21N9/c1-4-9(3)6-20(5-2)11-16-10(19-13)17-12(18-11)21-8-14-7-15-21/h7-9H,4-6,13H2,1-3H3,(H,16,17,18,19). The van der Waals surface area contributed by atoms with Crippen LogP contribution in [0.5, 0.6) is 0 Å². The van der Waals surface area contributed by atoms with Crippen LogP contribution in [0, 0.1) is 5.92 Å². The zero-order valence-electron chi connectivity index (χ0n) is 12.6. The molecule has 0 bridgehead atoms. The van der Waals surface area contributed by atoms with Crippen molar-refractivity contribution in [3.8, 4) is 5.95 Å². The first-order valence-corrected chi connectivity index (χ1v) is 7.00. The van der Waals surface area contributed by atoms with Crippen molar-refractivity contribution < 1.29 is 0 Å². The van der Waals surface area contributed by atoms with Crippen molar-refractivity contribution in [2.24, 2.45) is 11.8 Å². The van der Waals surface area contributed by atoms with Crippen LogP contribution in [0.15, 0.2) is 12.7 Å². The van der Waals surface area contributed by atoms with Gasteiger partial charge in [-0.05, 0) is 12.8 Å². The highest BCUT2D eigenvalue weighted by atomic mass is 15.4. The molecule has 9 nitrogen and oxygen atoms in total. The Kier molecular flexibility index (Phi) is 4.99. The normalized spacial score (nSPS) is 12.2. The van der Waals surface area contributed by atoms with Gasteiger partial charge in [0.25, 0.3) is 5.95 Å². The Balaban J connectivity index is 2.35. The maximum absolute atomic E-state index is 5.44. The van der Waals surface area contributed by atoms with E-state index in [1.54, 1.807) is 0 Å². The number of nitrogens with zero attached hydrogens (tertiary/aromatic N) is 7. The lowest BCUT2D eigenvalue weighted by molar-refractivity contribution is 0.541. The molecule has 1 atom stereocenters. The molecule has 114 valence electrons. The maximum atomic E-state index is 5.44. The molecule has 1 unspecified atom stereocenters. The Labute approximate surface area is 123 Å². The second-order valence-electron chi connectivity index (χ2n) is 4.80. The van der Waals surface area contributed by atoms with E-state index < -0.39 is 0 Å². The summed E-state index contributed by atoms with van der Waals surface area (Å²) in [5.41, 5.74) is 2.47. The van der Waals surface area contributed by atoms with Gasteiger partial charge in [0.1, 0.15) is 12.7 Å². The summed E-state index contributed by atoms with van der Waals surface area (Å²) >= 11 is 0. The molecule has 0 fully saturated rings. The van der Waals surface area contributed by atoms with Gasteiger partial charge in [-0.2, -0.15) is 24.7 Å². The van der Waals surface area contributed by atoms with Crippen molar-refractivity contribution in [1.82, 2.24) is 29.7 Å². The minimum Gasteiger partial charge on any atom is -0.341 e. The molecule has 2 aromatic heterocycles. The van der Waals surface area contributed by atoms with Gasteiger partial charge in [0.15, 0.2) is 0 Å². The number of nitrogens with one attached hydrogen (secondary N) is 1. The third-order valence-corrected chi connectivity index (χ3v) is 3.26. The molecular weight excluding hydrogens is 270 g/mol. The molecule has 0 saturated heterocycles. The molecule has 0 radical (unpaired) electrons. The molecule has 0 amide bonds. The summed E-state index contributed by atoms with van der Waals surface area (Å²) in [4.78, 5) is 19.0. The predicted octanol–water partition coefficient (Wildman–Crippen LogP) is 0.610. The van der Waals surface area contributed by atoms with Gasteiger partial charge in [-0.1, -0.05) is 20.3 Å². The van der Waals surface area contributed by atoms with Crippen molar-refractivity contribution >= 4 is 11.9 Å². The zero-order valence-corrected chi connectivity index (χ0v) is 12.6. The van der Waals surface area contributed by atoms with Gasteiger partial charge < -0.3 is 4.90 Å². The first kappa shape index (κ1) is 15.1. The summed E-state index contributed by atoms with van der Waals surface area (Å²) in [5, 5.41) is 4.03. The third kappa shape index (κ3) is 3.63. The molecular formula is C12H21N9. The van der Waals surface area contributed by atoms with E-state index in [9.17, 15) is 0 Å². The Morgan fingerprint density at radius 1 is 1.33 bits per heavy atom. The quantitative estimate of drug-likeness (QED) is 0.564. The van der Waals surface area contributed by atoms with Crippen LogP contribution in [-0.2, 0) is 0 Å². The number of aromatic nitrogens is 6. The molecule has 0 aliphatic carbocycles. The summed E-state index contributed by atoms with van der Waals surface area (Å²) < 4.78 is 1.48. The average Bonchev–Trinajstić information content (AvgIpc) is 3.06. The number of hydrogen-bond donors (Lipinski definition) is 2. The molecule has 21 heavy (non-hydrogen) atoms. The Bertz CT molecular complexity index is 554. The van der Waals surface area contributed by atoms with Crippen molar-refractivity contribution in [3.05, 3.63) is 12.7 Å². The molecule has 2 rings (SSSR count). The summed E-state index contributed by atoms with van der Waals surface area (Å²) in [6.45, 7) is 8.10. The molecule has 0 saturated carbocycles. The SMILES string of the molecule is CCC(C)CN(CC)c1nc(NN)nc(-n2cncn2)n1. The fraction of sp³-hybridized carbons (Fsp3) is 0.583. The van der Waals surface area contributed by atoms with Crippen molar-refractivity contribution in [3.63, 3.8) is 0 Å². The molecule has 0 spiro atoms. The van der Waals surface area contributed by atoms with E-state index in [-0.39, 0.29) is 0 Å². The van der Waals surface area contributed by atoms with E-state index in [0.717, 1.165) is 19.5 Å². The number of anilines is 2. The number of hydrazine groups is 1. The lowest BCUT2D eigenvalue weighted by Gasteiger charge is -2.24. The van der Waals surface area contributed by atoms with E-state index in [1.807, 2.05) is 0 Å². The highest BCUT2D eigenvalue weighted by Gasteiger charge is 2.15. The van der Waals surface area contributed by atoms with Crippen LogP contribution >= 0.6 is 0 Å². The summed E-state index contributed by atoms with van der Waals surface area (Å²) in [6.07, 6.45) is 4.06. The number of nitrogen functional groups attached to an aromatic ring is 1. The molecule has 3 N–H and O–H groups in total. The fourth-order valence-corrected chi connectivity index (χ4v) is 1.83. The second-order valence-corrected chi connectivity index (χ2v) is 4.80. The minimum absolute atomic E-state index is 0.299. The first-order valence-electron chi connectivity index (χ1n) is 7.00. The summed E-state index contributed by atoms with van der Waals surface area (Å²) in [7, 11) is 0. The van der Waals surface area contributed by atoms with Crippen LogP contribution in [-0.4, -0.2) is 42.8 Å². The second kappa shape index (κ2) is 6.93. The monoisotopic (exact) mass is 291 g/mol. The van der Waals surface area contributed by atoms with E-state index >= 15 is 0 Å². The number of nitrogens with two attached hydrogens (primary N) is 1. The van der Waals surface area contributed by atoms with Crippen molar-refractivity contribution in [2.75, 3.05) is 23.4 Å². The van der Waals surface area contributed by atoms with Gasteiger partial charge in [0, 0.05) is 13.1 Å². The molecule has 2 aromatic rings. The van der Waals surface area contributed by atoms with Gasteiger partial charge in [0.2, 0.25) is 11.9 Å². The van der Waals surface area contributed by atoms with Gasteiger partial charge >= 0.3 is 0 Å². The minimum atomic E-state index is 0.299.